The molecule has 1 aliphatic heterocycles. The van der Waals surface area contributed by atoms with Crippen LogP contribution in [0.5, 0.6) is 0 Å². The van der Waals surface area contributed by atoms with Crippen LogP contribution in [-0.2, 0) is 20.6 Å². The van der Waals surface area contributed by atoms with E-state index in [0.717, 1.165) is 34.9 Å². The van der Waals surface area contributed by atoms with E-state index in [1.807, 2.05) is 0 Å². The molecule has 0 spiro atoms. The van der Waals surface area contributed by atoms with Crippen LogP contribution in [-0.4, -0.2) is 33.9 Å². The van der Waals surface area contributed by atoms with Crippen LogP contribution in [0.3, 0.4) is 0 Å². The standard InChI is InChI=1S/C14H12F3NO4S/c15-14(16,17)8-2-1-3-9(6-8)18-11(19)7-10(13(18)22)23-5-4-12(20)21/h1-3,6,10H,4-5,7H2,(H,20,21)/t10-/m1/s1. The zero-order chi connectivity index (χ0) is 17.2. The first-order chi connectivity index (χ1) is 10.7. The van der Waals surface area contributed by atoms with Crippen molar-refractivity contribution in [2.24, 2.45) is 0 Å². The summed E-state index contributed by atoms with van der Waals surface area (Å²) >= 11 is 1.02. The number of imide groups is 1. The van der Waals surface area contributed by atoms with Gasteiger partial charge in [-0.25, -0.2) is 4.90 Å². The molecule has 0 radical (unpaired) electrons. The summed E-state index contributed by atoms with van der Waals surface area (Å²) in [7, 11) is 0. The Bertz CT molecular complexity index is 647. The molecule has 23 heavy (non-hydrogen) atoms. The summed E-state index contributed by atoms with van der Waals surface area (Å²) in [6.07, 6.45) is -4.89. The summed E-state index contributed by atoms with van der Waals surface area (Å²) < 4.78 is 38.2. The lowest BCUT2D eigenvalue weighted by Gasteiger charge is -2.16. The first-order valence-electron chi connectivity index (χ1n) is 6.57. The number of anilines is 1. The molecule has 1 heterocycles. The van der Waals surface area contributed by atoms with Crippen LogP contribution in [0.1, 0.15) is 18.4 Å². The van der Waals surface area contributed by atoms with Gasteiger partial charge in [0, 0.05) is 12.2 Å². The van der Waals surface area contributed by atoms with Crippen LogP contribution in [0.25, 0.3) is 0 Å². The fourth-order valence-electron chi connectivity index (χ4n) is 2.12. The van der Waals surface area contributed by atoms with Gasteiger partial charge in [0.05, 0.1) is 22.9 Å². The van der Waals surface area contributed by atoms with Gasteiger partial charge in [-0.3, -0.25) is 14.4 Å². The van der Waals surface area contributed by atoms with Gasteiger partial charge in [-0.15, -0.1) is 11.8 Å². The molecule has 1 atom stereocenters. The Morgan fingerprint density at radius 1 is 1.35 bits per heavy atom. The minimum absolute atomic E-state index is 0.129. The molecule has 0 aromatic heterocycles. The minimum atomic E-state index is -4.57. The van der Waals surface area contributed by atoms with Crippen LogP contribution >= 0.6 is 11.8 Å². The van der Waals surface area contributed by atoms with E-state index in [2.05, 4.69) is 0 Å². The second-order valence-corrected chi connectivity index (χ2v) is 6.13. The van der Waals surface area contributed by atoms with E-state index >= 15 is 0 Å². The molecule has 1 fully saturated rings. The van der Waals surface area contributed by atoms with E-state index in [0.29, 0.717) is 0 Å². The number of rotatable bonds is 5. The second-order valence-electron chi connectivity index (χ2n) is 4.82. The van der Waals surface area contributed by atoms with E-state index < -0.39 is 34.8 Å². The van der Waals surface area contributed by atoms with Gasteiger partial charge in [0.1, 0.15) is 0 Å². The highest BCUT2D eigenvalue weighted by Gasteiger charge is 2.40. The number of hydrogen-bond acceptors (Lipinski definition) is 4. The van der Waals surface area contributed by atoms with Crippen molar-refractivity contribution in [2.45, 2.75) is 24.3 Å². The highest BCUT2D eigenvalue weighted by Crippen LogP contribution is 2.34. The van der Waals surface area contributed by atoms with Crippen molar-refractivity contribution < 1.29 is 32.7 Å². The SMILES string of the molecule is O=C(O)CCS[C@@H]1CC(=O)N(c2cccc(C(F)(F)F)c2)C1=O. The summed E-state index contributed by atoms with van der Waals surface area (Å²) in [6.45, 7) is 0. The molecule has 5 nitrogen and oxygen atoms in total. The number of benzene rings is 1. The van der Waals surface area contributed by atoms with Crippen molar-refractivity contribution in [1.82, 2.24) is 0 Å². The zero-order valence-corrected chi connectivity index (χ0v) is 12.5. The highest BCUT2D eigenvalue weighted by molar-refractivity contribution is 8.00. The predicted octanol–water partition coefficient (Wildman–Crippen LogP) is 2.55. The first kappa shape index (κ1) is 17.3. The first-order valence-corrected chi connectivity index (χ1v) is 7.62. The quantitative estimate of drug-likeness (QED) is 0.829. The van der Waals surface area contributed by atoms with Gasteiger partial charge < -0.3 is 5.11 Å². The Morgan fingerprint density at radius 2 is 2.04 bits per heavy atom. The largest absolute Gasteiger partial charge is 0.481 e. The highest BCUT2D eigenvalue weighted by atomic mass is 32.2. The van der Waals surface area contributed by atoms with Crippen molar-refractivity contribution in [3.63, 3.8) is 0 Å². The van der Waals surface area contributed by atoms with Gasteiger partial charge in [0.25, 0.3) is 0 Å². The molecule has 1 aromatic carbocycles. The fourth-order valence-corrected chi connectivity index (χ4v) is 3.20. The minimum Gasteiger partial charge on any atom is -0.481 e. The monoisotopic (exact) mass is 347 g/mol. The number of aliphatic carboxylic acids is 1. The number of amides is 2. The van der Waals surface area contributed by atoms with Crippen molar-refractivity contribution >= 4 is 35.2 Å². The molecule has 1 saturated heterocycles. The molecule has 1 aromatic rings. The van der Waals surface area contributed by atoms with Crippen LogP contribution in [0, 0.1) is 0 Å². The third-order valence-corrected chi connectivity index (χ3v) is 4.38. The average molecular weight is 347 g/mol. The number of hydrogen-bond donors (Lipinski definition) is 1. The van der Waals surface area contributed by atoms with Crippen LogP contribution < -0.4 is 4.90 Å². The Morgan fingerprint density at radius 3 is 2.65 bits per heavy atom. The molecule has 9 heteroatoms. The maximum atomic E-state index is 12.7. The Kier molecular flexibility index (Phi) is 4.98. The molecule has 0 unspecified atom stereocenters. The number of alkyl halides is 3. The second kappa shape index (κ2) is 6.61. The van der Waals surface area contributed by atoms with Gasteiger partial charge in [-0.1, -0.05) is 6.07 Å². The summed E-state index contributed by atoms with van der Waals surface area (Å²) in [6, 6.07) is 3.99. The van der Waals surface area contributed by atoms with Gasteiger partial charge >= 0.3 is 12.1 Å². The lowest BCUT2D eigenvalue weighted by Crippen LogP contribution is -2.31. The third kappa shape index (κ3) is 4.04. The van der Waals surface area contributed by atoms with E-state index in [-0.39, 0.29) is 24.3 Å². The Balaban J connectivity index is 2.16. The summed E-state index contributed by atoms with van der Waals surface area (Å²) in [4.78, 5) is 35.3. The molecular weight excluding hydrogens is 335 g/mol. The van der Waals surface area contributed by atoms with Crippen LogP contribution in [0.4, 0.5) is 18.9 Å². The van der Waals surface area contributed by atoms with Crippen molar-refractivity contribution in [3.8, 4) is 0 Å². The van der Waals surface area contributed by atoms with Crippen molar-refractivity contribution in [1.29, 1.82) is 0 Å². The number of carboxylic acids is 1. The average Bonchev–Trinajstić information content (AvgIpc) is 2.72. The normalized spacial score (nSPS) is 18.6. The number of carboxylic acid groups (broad SMARTS) is 1. The molecule has 1 N–H and O–H groups in total. The molecule has 0 aliphatic carbocycles. The maximum absolute atomic E-state index is 12.7. The van der Waals surface area contributed by atoms with Crippen molar-refractivity contribution in [2.75, 3.05) is 10.7 Å². The van der Waals surface area contributed by atoms with Crippen molar-refractivity contribution in [3.05, 3.63) is 29.8 Å². The number of nitrogens with zero attached hydrogens (tertiary/aromatic N) is 1. The topological polar surface area (TPSA) is 74.7 Å². The number of thioether (sulfide) groups is 1. The maximum Gasteiger partial charge on any atom is 0.416 e. The zero-order valence-electron chi connectivity index (χ0n) is 11.7. The van der Waals surface area contributed by atoms with E-state index in [1.165, 1.54) is 6.07 Å². The van der Waals surface area contributed by atoms with E-state index in [4.69, 9.17) is 5.11 Å². The lowest BCUT2D eigenvalue weighted by molar-refractivity contribution is -0.138. The summed E-state index contributed by atoms with van der Waals surface area (Å²) in [5, 5.41) is 7.79. The molecule has 2 amide bonds. The number of carbonyl (C=O) groups excluding carboxylic acids is 2. The molecular formula is C14H12F3NO4S. The molecule has 124 valence electrons. The molecule has 2 rings (SSSR count). The van der Waals surface area contributed by atoms with E-state index in [1.54, 1.807) is 0 Å². The number of halogens is 3. The Labute approximate surface area is 133 Å². The van der Waals surface area contributed by atoms with Gasteiger partial charge in [-0.05, 0) is 18.2 Å². The Hall–Kier alpha value is -2.03. The smallest absolute Gasteiger partial charge is 0.416 e. The molecule has 0 bridgehead atoms. The van der Waals surface area contributed by atoms with Crippen LogP contribution in [0.15, 0.2) is 24.3 Å². The van der Waals surface area contributed by atoms with Gasteiger partial charge in [-0.2, -0.15) is 13.2 Å². The fraction of sp³-hybridized carbons (Fsp3) is 0.357. The van der Waals surface area contributed by atoms with E-state index in [9.17, 15) is 27.6 Å². The van der Waals surface area contributed by atoms with Crippen LogP contribution in [0.2, 0.25) is 0 Å². The third-order valence-electron chi connectivity index (χ3n) is 3.17. The lowest BCUT2D eigenvalue weighted by atomic mass is 10.2. The van der Waals surface area contributed by atoms with Gasteiger partial charge in [0.2, 0.25) is 11.8 Å². The molecule has 1 aliphatic rings. The number of carbonyl (C=O) groups is 3. The predicted molar refractivity (Wildman–Crippen MR) is 77.1 cm³/mol. The summed E-state index contributed by atoms with van der Waals surface area (Å²) in [5.41, 5.74) is -1.08. The van der Waals surface area contributed by atoms with Gasteiger partial charge in [0.15, 0.2) is 0 Å². The molecule has 0 saturated carbocycles. The summed E-state index contributed by atoms with van der Waals surface area (Å²) in [5.74, 6) is -2.09.